The van der Waals surface area contributed by atoms with Crippen molar-refractivity contribution in [3.05, 3.63) is 82.9 Å². The van der Waals surface area contributed by atoms with Gasteiger partial charge in [-0.1, -0.05) is 36.4 Å². The molecule has 0 amide bonds. The molecule has 5 rings (SSSR count). The highest BCUT2D eigenvalue weighted by Crippen LogP contribution is 2.32. The van der Waals surface area contributed by atoms with E-state index in [2.05, 4.69) is 20.2 Å². The number of nitrogens with zero attached hydrogens (tertiary/aromatic N) is 4. The van der Waals surface area contributed by atoms with Crippen LogP contribution in [0.25, 0.3) is 45.3 Å². The van der Waals surface area contributed by atoms with Gasteiger partial charge in [-0.05, 0) is 24.3 Å². The molecule has 0 spiro atoms. The van der Waals surface area contributed by atoms with E-state index in [1.165, 1.54) is 12.1 Å². The van der Waals surface area contributed by atoms with E-state index in [1.807, 2.05) is 48.5 Å². The van der Waals surface area contributed by atoms with Crippen molar-refractivity contribution in [1.82, 2.24) is 20.2 Å². The second-order valence-corrected chi connectivity index (χ2v) is 6.37. The maximum absolute atomic E-state index is 11.0. The van der Waals surface area contributed by atoms with Crippen LogP contribution in [0.5, 0.6) is 0 Å². The van der Waals surface area contributed by atoms with Gasteiger partial charge in [0.15, 0.2) is 0 Å². The molecular formula is C21H13N5O3. The van der Waals surface area contributed by atoms with E-state index in [0.717, 1.165) is 22.2 Å². The fraction of sp³-hybridized carbons (Fsp3) is 0. The summed E-state index contributed by atoms with van der Waals surface area (Å²) in [7, 11) is 0. The Morgan fingerprint density at radius 1 is 0.862 bits per heavy atom. The van der Waals surface area contributed by atoms with Gasteiger partial charge in [-0.2, -0.15) is 0 Å². The van der Waals surface area contributed by atoms with Crippen LogP contribution in [-0.4, -0.2) is 25.1 Å². The SMILES string of the molecule is O=[N+]([O-])c1cccc(-c2nnc(-c3ccccc3-c3nc4ccccc4[nH]3)o2)c1. The first kappa shape index (κ1) is 16.8. The van der Waals surface area contributed by atoms with Crippen molar-refractivity contribution in [3.63, 3.8) is 0 Å². The molecule has 0 fully saturated rings. The molecule has 8 nitrogen and oxygen atoms in total. The summed E-state index contributed by atoms with van der Waals surface area (Å²) in [4.78, 5) is 18.5. The monoisotopic (exact) mass is 383 g/mol. The van der Waals surface area contributed by atoms with Crippen LogP contribution in [0.3, 0.4) is 0 Å². The molecular weight excluding hydrogens is 370 g/mol. The summed E-state index contributed by atoms with van der Waals surface area (Å²) in [6.45, 7) is 0. The predicted molar refractivity (Wildman–Crippen MR) is 107 cm³/mol. The summed E-state index contributed by atoms with van der Waals surface area (Å²) in [5.74, 6) is 1.21. The summed E-state index contributed by atoms with van der Waals surface area (Å²) in [5, 5.41) is 19.2. The molecule has 0 atom stereocenters. The molecule has 1 N–H and O–H groups in total. The van der Waals surface area contributed by atoms with Crippen LogP contribution in [-0.2, 0) is 0 Å². The van der Waals surface area contributed by atoms with Crippen molar-refractivity contribution in [2.45, 2.75) is 0 Å². The average molecular weight is 383 g/mol. The molecule has 2 heterocycles. The van der Waals surface area contributed by atoms with Crippen LogP contribution < -0.4 is 0 Å². The van der Waals surface area contributed by atoms with E-state index < -0.39 is 4.92 Å². The quantitative estimate of drug-likeness (QED) is 0.351. The smallest absolute Gasteiger partial charge is 0.270 e. The summed E-state index contributed by atoms with van der Waals surface area (Å²) < 4.78 is 5.84. The number of nitro benzene ring substituents is 1. The fourth-order valence-electron chi connectivity index (χ4n) is 3.16. The number of benzene rings is 3. The van der Waals surface area contributed by atoms with E-state index in [4.69, 9.17) is 4.42 Å². The second-order valence-electron chi connectivity index (χ2n) is 6.37. The minimum absolute atomic E-state index is 0.0371. The Balaban J connectivity index is 1.58. The number of hydrogen-bond donors (Lipinski definition) is 1. The molecule has 0 bridgehead atoms. The Morgan fingerprint density at radius 2 is 1.62 bits per heavy atom. The third kappa shape index (κ3) is 3.02. The van der Waals surface area contributed by atoms with Gasteiger partial charge in [-0.15, -0.1) is 10.2 Å². The summed E-state index contributed by atoms with van der Waals surface area (Å²) in [5.41, 5.74) is 3.78. The van der Waals surface area contributed by atoms with E-state index >= 15 is 0 Å². The van der Waals surface area contributed by atoms with Crippen LogP contribution in [0, 0.1) is 10.1 Å². The third-order valence-corrected chi connectivity index (χ3v) is 4.53. The Morgan fingerprint density at radius 3 is 2.45 bits per heavy atom. The third-order valence-electron chi connectivity index (χ3n) is 4.53. The molecule has 0 saturated carbocycles. The van der Waals surface area contributed by atoms with Crippen molar-refractivity contribution < 1.29 is 9.34 Å². The lowest BCUT2D eigenvalue weighted by atomic mass is 10.1. The number of nitro groups is 1. The number of H-pyrrole nitrogens is 1. The lowest BCUT2D eigenvalue weighted by Gasteiger charge is -2.02. The molecule has 0 aliphatic heterocycles. The average Bonchev–Trinajstić information content (AvgIpc) is 3.41. The second kappa shape index (κ2) is 6.68. The molecule has 8 heteroatoms. The van der Waals surface area contributed by atoms with Crippen molar-refractivity contribution in [1.29, 1.82) is 0 Å². The lowest BCUT2D eigenvalue weighted by molar-refractivity contribution is -0.384. The molecule has 5 aromatic rings. The van der Waals surface area contributed by atoms with Gasteiger partial charge in [-0.3, -0.25) is 10.1 Å². The molecule has 3 aromatic carbocycles. The number of hydrogen-bond acceptors (Lipinski definition) is 6. The number of fused-ring (bicyclic) bond motifs is 1. The normalized spacial score (nSPS) is 11.0. The lowest BCUT2D eigenvalue weighted by Crippen LogP contribution is -1.88. The highest BCUT2D eigenvalue weighted by molar-refractivity contribution is 5.83. The Hall–Kier alpha value is -4.33. The van der Waals surface area contributed by atoms with Crippen LogP contribution in [0.15, 0.2) is 77.2 Å². The first-order valence-electron chi connectivity index (χ1n) is 8.82. The Labute approximate surface area is 164 Å². The van der Waals surface area contributed by atoms with Gasteiger partial charge in [0.2, 0.25) is 11.8 Å². The van der Waals surface area contributed by atoms with Crippen LogP contribution in [0.1, 0.15) is 0 Å². The van der Waals surface area contributed by atoms with Crippen molar-refractivity contribution in [2.24, 2.45) is 0 Å². The van der Waals surface area contributed by atoms with Gasteiger partial charge in [-0.25, -0.2) is 4.98 Å². The topological polar surface area (TPSA) is 111 Å². The van der Waals surface area contributed by atoms with Gasteiger partial charge in [0.05, 0.1) is 16.0 Å². The number of para-hydroxylation sites is 2. The van der Waals surface area contributed by atoms with E-state index in [9.17, 15) is 10.1 Å². The van der Waals surface area contributed by atoms with E-state index in [0.29, 0.717) is 17.3 Å². The molecule has 0 aliphatic rings. The molecule has 29 heavy (non-hydrogen) atoms. The number of rotatable bonds is 4. The standard InChI is InChI=1S/C21H13N5O3/c27-26(28)14-7-5-6-13(12-14)20-24-25-21(29-20)16-9-2-1-8-15(16)19-22-17-10-3-4-11-18(17)23-19/h1-12H,(H,22,23). The highest BCUT2D eigenvalue weighted by atomic mass is 16.6. The predicted octanol–water partition coefficient (Wildman–Crippen LogP) is 4.86. The van der Waals surface area contributed by atoms with Crippen molar-refractivity contribution >= 4 is 16.7 Å². The van der Waals surface area contributed by atoms with Crippen molar-refractivity contribution in [3.8, 4) is 34.3 Å². The zero-order valence-corrected chi connectivity index (χ0v) is 14.9. The minimum Gasteiger partial charge on any atom is -0.416 e. The first-order valence-corrected chi connectivity index (χ1v) is 8.82. The van der Waals surface area contributed by atoms with Gasteiger partial charge >= 0.3 is 0 Å². The number of imidazole rings is 1. The molecule has 2 aromatic heterocycles. The van der Waals surface area contributed by atoms with E-state index in [-0.39, 0.29) is 11.6 Å². The molecule has 140 valence electrons. The van der Waals surface area contributed by atoms with Crippen LogP contribution in [0.4, 0.5) is 5.69 Å². The van der Waals surface area contributed by atoms with Crippen LogP contribution >= 0.6 is 0 Å². The molecule has 0 unspecified atom stereocenters. The van der Waals surface area contributed by atoms with Gasteiger partial charge < -0.3 is 9.40 Å². The van der Waals surface area contributed by atoms with Crippen molar-refractivity contribution in [2.75, 3.05) is 0 Å². The Kier molecular flexibility index (Phi) is 3.87. The number of nitrogens with one attached hydrogen (secondary N) is 1. The highest BCUT2D eigenvalue weighted by Gasteiger charge is 2.18. The minimum atomic E-state index is -0.461. The summed E-state index contributed by atoms with van der Waals surface area (Å²) in [6.07, 6.45) is 0. The number of non-ortho nitro benzene ring substituents is 1. The van der Waals surface area contributed by atoms with Gasteiger partial charge in [0.25, 0.3) is 5.69 Å². The van der Waals surface area contributed by atoms with E-state index in [1.54, 1.807) is 12.1 Å². The maximum Gasteiger partial charge on any atom is 0.270 e. The number of aromatic nitrogens is 4. The Bertz CT molecular complexity index is 1320. The zero-order valence-electron chi connectivity index (χ0n) is 14.9. The summed E-state index contributed by atoms with van der Waals surface area (Å²) >= 11 is 0. The van der Waals surface area contributed by atoms with Gasteiger partial charge in [0, 0.05) is 28.8 Å². The first-order chi connectivity index (χ1) is 14.2. The maximum atomic E-state index is 11.0. The largest absolute Gasteiger partial charge is 0.416 e. The summed E-state index contributed by atoms with van der Waals surface area (Å²) in [6, 6.07) is 21.4. The number of aromatic amines is 1. The molecule has 0 radical (unpaired) electrons. The zero-order chi connectivity index (χ0) is 19.8. The van der Waals surface area contributed by atoms with Crippen LogP contribution in [0.2, 0.25) is 0 Å². The van der Waals surface area contributed by atoms with Gasteiger partial charge in [0.1, 0.15) is 5.82 Å². The molecule has 0 aliphatic carbocycles. The molecule has 0 saturated heterocycles. The fourth-order valence-corrected chi connectivity index (χ4v) is 3.16.